The number of halogens is 1. The van der Waals surface area contributed by atoms with Gasteiger partial charge in [-0.2, -0.15) is 5.10 Å². The fourth-order valence-corrected chi connectivity index (χ4v) is 1.34. The first kappa shape index (κ1) is 9.35. The van der Waals surface area contributed by atoms with Crippen molar-refractivity contribution in [1.29, 1.82) is 0 Å². The molecule has 0 bridgehead atoms. The number of rotatable bonds is 1. The Kier molecular flexibility index (Phi) is 2.94. The highest BCUT2D eigenvalue weighted by Crippen LogP contribution is 2.14. The lowest BCUT2D eigenvalue weighted by molar-refractivity contribution is 0.423. The topological polar surface area (TPSA) is 55.9 Å². The molecule has 0 aliphatic carbocycles. The minimum atomic E-state index is 0. The van der Waals surface area contributed by atoms with E-state index in [1.807, 2.05) is 10.7 Å². The molecule has 4 nitrogen and oxygen atoms in total. The Bertz CT molecular complexity index is 247. The lowest BCUT2D eigenvalue weighted by Gasteiger charge is -2.23. The average Bonchev–Trinajstić information content (AvgIpc) is 2.50. The Balaban J connectivity index is 0.000000720. The molecule has 0 fully saturated rings. The summed E-state index contributed by atoms with van der Waals surface area (Å²) in [5.41, 5.74) is 5.55. The number of fused-ring (bicyclic) bond motifs is 1. The van der Waals surface area contributed by atoms with Gasteiger partial charge >= 0.3 is 0 Å². The molecule has 1 aliphatic heterocycles. The molecule has 12 heavy (non-hydrogen) atoms. The van der Waals surface area contributed by atoms with Crippen LogP contribution in [0.2, 0.25) is 0 Å². The van der Waals surface area contributed by atoms with E-state index in [4.69, 9.17) is 5.73 Å². The van der Waals surface area contributed by atoms with Crippen molar-refractivity contribution in [2.45, 2.75) is 6.54 Å². The highest BCUT2D eigenvalue weighted by atomic mass is 35.5. The summed E-state index contributed by atoms with van der Waals surface area (Å²) >= 11 is 0. The molecule has 5 heteroatoms. The van der Waals surface area contributed by atoms with E-state index in [1.165, 1.54) is 0 Å². The summed E-state index contributed by atoms with van der Waals surface area (Å²) in [6.07, 6.45) is 1.81. The van der Waals surface area contributed by atoms with Gasteiger partial charge in [0.05, 0.1) is 6.20 Å². The molecule has 0 spiro atoms. The molecule has 0 aromatic carbocycles. The second kappa shape index (κ2) is 3.78. The molecule has 1 aromatic heterocycles. The quantitative estimate of drug-likeness (QED) is 0.667. The number of nitrogens with two attached hydrogens (primary N) is 1. The molecule has 0 amide bonds. The highest BCUT2D eigenvalue weighted by Gasteiger charge is 2.15. The van der Waals surface area contributed by atoms with Crippen LogP contribution < -0.4 is 11.1 Å². The Hall–Kier alpha value is -0.740. The summed E-state index contributed by atoms with van der Waals surface area (Å²) in [4.78, 5) is 0. The lowest BCUT2D eigenvalue weighted by atomic mass is 10.1. The van der Waals surface area contributed by atoms with Gasteiger partial charge in [-0.05, 0) is 6.54 Å². The van der Waals surface area contributed by atoms with E-state index in [-0.39, 0.29) is 12.4 Å². The molecule has 2 heterocycles. The summed E-state index contributed by atoms with van der Waals surface area (Å²) in [7, 11) is 0. The first-order valence-electron chi connectivity index (χ1n) is 3.86. The molecule has 68 valence electrons. The SMILES string of the molecule is Cl.NCC1CNc2ccnn2C1. The van der Waals surface area contributed by atoms with Gasteiger partial charge in [-0.25, -0.2) is 4.68 Å². The number of hydrogen-bond donors (Lipinski definition) is 2. The zero-order valence-corrected chi connectivity index (χ0v) is 7.55. The molecule has 0 saturated heterocycles. The van der Waals surface area contributed by atoms with E-state index >= 15 is 0 Å². The van der Waals surface area contributed by atoms with Crippen molar-refractivity contribution in [3.63, 3.8) is 0 Å². The van der Waals surface area contributed by atoms with Gasteiger partial charge in [0.2, 0.25) is 0 Å². The zero-order chi connectivity index (χ0) is 7.68. The first-order valence-corrected chi connectivity index (χ1v) is 3.86. The van der Waals surface area contributed by atoms with Crippen LogP contribution >= 0.6 is 12.4 Å². The van der Waals surface area contributed by atoms with Crippen LogP contribution in [0.15, 0.2) is 12.3 Å². The summed E-state index contributed by atoms with van der Waals surface area (Å²) in [6, 6.07) is 1.98. The van der Waals surface area contributed by atoms with Gasteiger partial charge < -0.3 is 11.1 Å². The van der Waals surface area contributed by atoms with Crippen LogP contribution in [0.5, 0.6) is 0 Å². The van der Waals surface area contributed by atoms with Crippen molar-refractivity contribution in [2.75, 3.05) is 18.4 Å². The number of nitrogens with zero attached hydrogens (tertiary/aromatic N) is 2. The Morgan fingerprint density at radius 3 is 3.33 bits per heavy atom. The van der Waals surface area contributed by atoms with Crippen molar-refractivity contribution in [3.05, 3.63) is 12.3 Å². The van der Waals surface area contributed by atoms with Gasteiger partial charge in [0.15, 0.2) is 0 Å². The van der Waals surface area contributed by atoms with Crippen LogP contribution in [-0.4, -0.2) is 22.9 Å². The van der Waals surface area contributed by atoms with E-state index < -0.39 is 0 Å². The first-order chi connectivity index (χ1) is 5.40. The maximum atomic E-state index is 5.55. The molecular formula is C7H13ClN4. The Morgan fingerprint density at radius 1 is 1.75 bits per heavy atom. The van der Waals surface area contributed by atoms with Crippen molar-refractivity contribution < 1.29 is 0 Å². The predicted octanol–water partition coefficient (Wildman–Crippen LogP) is 0.305. The third-order valence-corrected chi connectivity index (χ3v) is 2.05. The smallest absolute Gasteiger partial charge is 0.124 e. The molecule has 1 aliphatic rings. The van der Waals surface area contributed by atoms with Crippen LogP contribution in [0.25, 0.3) is 0 Å². The van der Waals surface area contributed by atoms with Crippen LogP contribution in [0.1, 0.15) is 0 Å². The number of hydrogen-bond acceptors (Lipinski definition) is 3. The zero-order valence-electron chi connectivity index (χ0n) is 6.73. The van der Waals surface area contributed by atoms with Crippen molar-refractivity contribution in [2.24, 2.45) is 11.7 Å². The minimum Gasteiger partial charge on any atom is -0.370 e. The molecule has 1 aromatic rings. The maximum absolute atomic E-state index is 5.55. The maximum Gasteiger partial charge on any atom is 0.124 e. The monoisotopic (exact) mass is 188 g/mol. The standard InChI is InChI=1S/C7H12N4.ClH/c8-3-6-4-9-7-1-2-10-11(7)5-6;/h1-2,6,9H,3-5,8H2;1H. The number of aromatic nitrogens is 2. The van der Waals surface area contributed by atoms with Crippen LogP contribution in [0.3, 0.4) is 0 Å². The van der Waals surface area contributed by atoms with Crippen molar-refractivity contribution >= 4 is 18.2 Å². The van der Waals surface area contributed by atoms with E-state index in [1.54, 1.807) is 6.20 Å². The van der Waals surface area contributed by atoms with Crippen molar-refractivity contribution in [1.82, 2.24) is 9.78 Å². The van der Waals surface area contributed by atoms with Crippen molar-refractivity contribution in [3.8, 4) is 0 Å². The molecular weight excluding hydrogens is 176 g/mol. The molecule has 2 rings (SSSR count). The minimum absolute atomic E-state index is 0. The van der Waals surface area contributed by atoms with Gasteiger partial charge in [-0.3, -0.25) is 0 Å². The van der Waals surface area contributed by atoms with Crippen LogP contribution in [-0.2, 0) is 6.54 Å². The Labute approximate surface area is 77.5 Å². The van der Waals surface area contributed by atoms with E-state index in [0.29, 0.717) is 5.92 Å². The second-order valence-electron chi connectivity index (χ2n) is 2.88. The Morgan fingerprint density at radius 2 is 2.58 bits per heavy atom. The van der Waals surface area contributed by atoms with Crippen LogP contribution in [0.4, 0.5) is 5.82 Å². The second-order valence-corrected chi connectivity index (χ2v) is 2.88. The summed E-state index contributed by atoms with van der Waals surface area (Å²) in [5, 5.41) is 7.42. The van der Waals surface area contributed by atoms with Gasteiger partial charge in [-0.1, -0.05) is 0 Å². The van der Waals surface area contributed by atoms with Gasteiger partial charge in [0.25, 0.3) is 0 Å². The lowest BCUT2D eigenvalue weighted by Crippen LogP contribution is -2.32. The number of anilines is 1. The fraction of sp³-hybridized carbons (Fsp3) is 0.571. The summed E-state index contributed by atoms with van der Waals surface area (Å²) in [5.74, 6) is 1.64. The molecule has 0 saturated carbocycles. The summed E-state index contributed by atoms with van der Waals surface area (Å²) in [6.45, 7) is 2.65. The van der Waals surface area contributed by atoms with E-state index in [2.05, 4.69) is 10.4 Å². The number of nitrogens with one attached hydrogen (secondary N) is 1. The molecule has 1 atom stereocenters. The molecule has 0 radical (unpaired) electrons. The highest BCUT2D eigenvalue weighted by molar-refractivity contribution is 5.85. The van der Waals surface area contributed by atoms with Crippen LogP contribution in [0, 0.1) is 5.92 Å². The van der Waals surface area contributed by atoms with Gasteiger partial charge in [-0.15, -0.1) is 12.4 Å². The average molecular weight is 189 g/mol. The summed E-state index contributed by atoms with van der Waals surface area (Å²) < 4.78 is 1.96. The molecule has 1 unspecified atom stereocenters. The fourth-order valence-electron chi connectivity index (χ4n) is 1.34. The predicted molar refractivity (Wildman–Crippen MR) is 50.5 cm³/mol. The normalized spacial score (nSPS) is 20.6. The van der Waals surface area contributed by atoms with Gasteiger partial charge in [0, 0.05) is 25.1 Å². The van der Waals surface area contributed by atoms with Gasteiger partial charge in [0.1, 0.15) is 5.82 Å². The third-order valence-electron chi connectivity index (χ3n) is 2.05. The third kappa shape index (κ3) is 1.54. The molecule has 3 N–H and O–H groups in total. The van der Waals surface area contributed by atoms with E-state index in [9.17, 15) is 0 Å². The van der Waals surface area contributed by atoms with E-state index in [0.717, 1.165) is 25.5 Å². The largest absolute Gasteiger partial charge is 0.370 e.